The van der Waals surface area contributed by atoms with Gasteiger partial charge in [0.2, 0.25) is 17.7 Å². The molecule has 0 saturated carbocycles. The van der Waals surface area contributed by atoms with Crippen molar-refractivity contribution in [1.82, 2.24) is 25.3 Å². The van der Waals surface area contributed by atoms with Crippen LogP contribution >= 0.6 is 12.6 Å². The normalized spacial score (nSPS) is 17.6. The number of nitrogens with two attached hydrogens (primary N) is 2. The quantitative estimate of drug-likeness (QED) is 0.0139. The number of amides is 8. The summed E-state index contributed by atoms with van der Waals surface area (Å²) in [5, 5.41) is 19.6. The molecule has 3 saturated heterocycles. The minimum absolute atomic E-state index is 0.0392. The van der Waals surface area contributed by atoms with Gasteiger partial charge in [-0.05, 0) is 88.2 Å². The molecule has 506 valence electrons. The molecule has 3 aromatic rings. The van der Waals surface area contributed by atoms with Gasteiger partial charge in [-0.25, -0.2) is 14.5 Å². The lowest BCUT2D eigenvalue weighted by Gasteiger charge is -2.31. The third-order valence-corrected chi connectivity index (χ3v) is 14.8. The van der Waals surface area contributed by atoms with Crippen LogP contribution in [0.1, 0.15) is 144 Å². The summed E-state index contributed by atoms with van der Waals surface area (Å²) in [6.45, 7) is 20.4. The number of fused-ring (bicyclic) bond motifs is 4. The molecule has 5 aliphatic heterocycles. The molecule has 25 nitrogen and oxygen atoms in total. The van der Waals surface area contributed by atoms with Gasteiger partial charge in [0, 0.05) is 63.6 Å². The molecule has 92 heavy (non-hydrogen) atoms. The number of aldehydes is 2. The Morgan fingerprint density at radius 1 is 0.793 bits per heavy atom. The van der Waals surface area contributed by atoms with E-state index in [1.807, 2.05) is 52.1 Å². The highest BCUT2D eigenvalue weighted by Gasteiger charge is 2.46. The highest BCUT2D eigenvalue weighted by atomic mass is 32.1. The van der Waals surface area contributed by atoms with Crippen molar-refractivity contribution in [1.29, 1.82) is 0 Å². The predicted octanol–water partition coefficient (Wildman–Crippen LogP) is 8.07. The third-order valence-electron chi connectivity index (χ3n) is 14.4. The van der Waals surface area contributed by atoms with E-state index < -0.39 is 29.6 Å². The number of aliphatic hydroxyl groups is 1. The Kier molecular flexibility index (Phi) is 34.7. The van der Waals surface area contributed by atoms with Gasteiger partial charge in [-0.1, -0.05) is 90.3 Å². The zero-order valence-electron chi connectivity index (χ0n) is 54.8. The van der Waals surface area contributed by atoms with Gasteiger partial charge in [0.25, 0.3) is 11.8 Å². The lowest BCUT2D eigenvalue weighted by Crippen LogP contribution is -2.50. The molecule has 8 N–H and O–H groups in total. The van der Waals surface area contributed by atoms with E-state index in [0.29, 0.717) is 99.1 Å². The van der Waals surface area contributed by atoms with Crippen LogP contribution in [0, 0.1) is 0 Å². The fraction of sp³-hybridized carbons (Fsp3) is 0.515. The van der Waals surface area contributed by atoms with Crippen molar-refractivity contribution in [2.75, 3.05) is 77.9 Å². The maximum absolute atomic E-state index is 13.9. The number of hydrogen-bond donors (Lipinski definition) is 7. The number of anilines is 2. The monoisotopic (exact) mass is 1300 g/mol. The highest BCUT2D eigenvalue weighted by Crippen LogP contribution is 2.43. The second-order valence-electron chi connectivity index (χ2n) is 21.6. The van der Waals surface area contributed by atoms with Crippen molar-refractivity contribution in [2.24, 2.45) is 16.5 Å². The number of thiol groups is 1. The Balaban J connectivity index is 0.000000499. The van der Waals surface area contributed by atoms with Crippen LogP contribution in [0.5, 0.6) is 23.0 Å². The van der Waals surface area contributed by atoms with Gasteiger partial charge in [-0.3, -0.25) is 33.9 Å². The number of carbonyl (C=O) groups excluding carboxylic acids is 9. The zero-order chi connectivity index (χ0) is 68.5. The second kappa shape index (κ2) is 41.1. The van der Waals surface area contributed by atoms with Crippen LogP contribution in [-0.4, -0.2) is 178 Å². The lowest BCUT2D eigenvalue weighted by atomic mass is 10.1. The summed E-state index contributed by atoms with van der Waals surface area (Å²) in [5.74, 6) is 0.669. The Morgan fingerprint density at radius 3 is 1.92 bits per heavy atom. The van der Waals surface area contributed by atoms with Gasteiger partial charge < -0.3 is 75.6 Å². The summed E-state index contributed by atoms with van der Waals surface area (Å²) in [6, 6.07) is 12.0. The molecule has 3 aromatic carbocycles. The molecule has 0 spiro atoms. The summed E-state index contributed by atoms with van der Waals surface area (Å²) in [5.41, 5.74) is 13.3. The summed E-state index contributed by atoms with van der Waals surface area (Å²) < 4.78 is 29.2. The fourth-order valence-corrected chi connectivity index (χ4v) is 10.3. The van der Waals surface area contributed by atoms with Crippen LogP contribution in [0.4, 0.5) is 26.7 Å². The largest absolute Gasteiger partial charge is 0.493 e. The minimum atomic E-state index is -1.40. The average Bonchev–Trinajstić information content (AvgIpc) is 1.58. The number of unbranched alkanes of at least 4 members (excludes halogenated alkanes) is 5. The van der Waals surface area contributed by atoms with E-state index in [4.69, 9.17) is 28.5 Å². The number of aliphatic hydroxyl groups excluding tert-OH is 1. The number of likely N-dealkylation sites (N-methyl/N-ethyl adjacent to an activating group) is 1. The number of nitrogens with zero attached hydrogens (tertiary/aromatic N) is 5. The maximum Gasteiger partial charge on any atom is 0.416 e. The van der Waals surface area contributed by atoms with E-state index in [0.717, 1.165) is 72.0 Å². The van der Waals surface area contributed by atoms with Crippen LogP contribution in [0.2, 0.25) is 0 Å². The number of carbonyl (C=O) groups is 9. The Morgan fingerprint density at radius 2 is 1.37 bits per heavy atom. The van der Waals surface area contributed by atoms with Gasteiger partial charge in [0.1, 0.15) is 19.2 Å². The number of urea groups is 1. The summed E-state index contributed by atoms with van der Waals surface area (Å²) >= 11 is 4.03. The Labute approximate surface area is 546 Å². The molecule has 0 bridgehead atoms. The van der Waals surface area contributed by atoms with Crippen LogP contribution in [0.25, 0.3) is 0 Å². The van der Waals surface area contributed by atoms with Crippen molar-refractivity contribution in [2.45, 2.75) is 154 Å². The smallest absolute Gasteiger partial charge is 0.416 e. The van der Waals surface area contributed by atoms with Crippen LogP contribution in [0.3, 0.4) is 0 Å². The van der Waals surface area contributed by atoms with Crippen molar-refractivity contribution < 1.29 is 71.9 Å². The molecular weight excluding hydrogens is 1200 g/mol. The van der Waals surface area contributed by atoms with Gasteiger partial charge >= 0.3 is 12.1 Å². The number of likely N-dealkylation sites (tertiary alicyclic amines) is 1. The van der Waals surface area contributed by atoms with E-state index in [9.17, 15) is 43.5 Å². The number of nitrogens with one attached hydrogen (secondary N) is 3. The number of imide groups is 1. The van der Waals surface area contributed by atoms with Crippen LogP contribution in [-0.2, 0) is 35.3 Å². The van der Waals surface area contributed by atoms with Gasteiger partial charge in [0.15, 0.2) is 29.2 Å². The molecule has 5 atom stereocenters. The molecule has 8 rings (SSSR count). The average molecular weight is 1300 g/mol. The van der Waals surface area contributed by atoms with Crippen LogP contribution < -0.4 is 51.3 Å². The van der Waals surface area contributed by atoms with Crippen molar-refractivity contribution in [3.8, 4) is 23.0 Å². The zero-order valence-corrected chi connectivity index (χ0v) is 55.7. The van der Waals surface area contributed by atoms with E-state index in [1.54, 1.807) is 42.4 Å². The van der Waals surface area contributed by atoms with Crippen molar-refractivity contribution in [3.63, 3.8) is 0 Å². The highest BCUT2D eigenvalue weighted by molar-refractivity contribution is 7.81. The molecule has 0 radical (unpaired) electrons. The first-order valence-electron chi connectivity index (χ1n) is 31.2. The van der Waals surface area contributed by atoms with Gasteiger partial charge in [-0.15, -0.1) is 0 Å². The summed E-state index contributed by atoms with van der Waals surface area (Å²) in [4.78, 5) is 114. The first-order chi connectivity index (χ1) is 44.1. The van der Waals surface area contributed by atoms with Gasteiger partial charge in [0.05, 0.1) is 79.9 Å². The first kappa shape index (κ1) is 77.8. The molecule has 5 unspecified atom stereocenters. The molecule has 8 amide bonds. The Hall–Kier alpha value is -8.49. The number of aliphatic imine (C=N–C) groups is 1. The molecular formula is C66H96N10O15S. The van der Waals surface area contributed by atoms with Crippen molar-refractivity contribution in [3.05, 3.63) is 89.5 Å². The number of primary amides is 2. The summed E-state index contributed by atoms with van der Waals surface area (Å²) in [7, 11) is 6.52. The summed E-state index contributed by atoms with van der Waals surface area (Å²) in [6.07, 6.45) is 10.5. The lowest BCUT2D eigenvalue weighted by molar-refractivity contribution is -0.138. The topological polar surface area (TPSA) is 333 Å². The number of hydrogen-bond acceptors (Lipinski definition) is 19. The number of ether oxygens (including phenoxy) is 5. The number of benzene rings is 3. The molecule has 0 aromatic heterocycles. The molecule has 5 heterocycles. The fourth-order valence-electron chi connectivity index (χ4n) is 10.00. The first-order valence-corrected chi connectivity index (χ1v) is 31.7. The Bertz CT molecular complexity index is 3000. The second-order valence-corrected chi connectivity index (χ2v) is 22.3. The van der Waals surface area contributed by atoms with E-state index in [-0.39, 0.29) is 79.0 Å². The third kappa shape index (κ3) is 23.3. The predicted molar refractivity (Wildman–Crippen MR) is 357 cm³/mol. The van der Waals surface area contributed by atoms with E-state index in [2.05, 4.69) is 72.0 Å². The molecule has 3 fully saturated rings. The minimum Gasteiger partial charge on any atom is -0.493 e. The SMILES string of the molecule is C=C1CC2C=Nc3cc(OCCCCCOc4cc5c(cc4OC)C(=O)N4CC(=C)CC4C(O)N5C(=O)OCc4ccc(NC)cc4)c(OC)cc3C(=O)N2C1.CC.CCC.CCCC(C=O)NC(=O)CNC.NC(N)=O.O=CCCCCCN1C(=O)CC(S)C1=O. The molecule has 26 heteroatoms. The number of methoxy groups -OCH3 is 2. The standard InChI is InChI=1S/C42H47N5O9.C10H15NO3S.C8H16N2O2.C3H8.C2H6.CH4N2O/c1-25-15-29-21-44-32-19-37(35(52-4)17-30(32)39(48)45(29)22-25)54-13-7-6-8-14-55-38-20-33-31(18-36(38)53-5)40(49)46-23-26(2)16-34(46)41(50)47(33)42(51)56-24-27-9-11-28(43-3)12-10-27;12-6-4-2-1-3-5-11-9(13)7-8(15)10(11)14;1-3-4-7(6-11)10-8(12)5-9-2;1-3-2;1-2;2-1(3)4/h9-12,17-21,29,34,41,43,50H,1-2,6-8,13-16,22-24H2,3-5H3;6,8,15H,1-5,7H2;6-7,9H,3-5H2,1-2H3,(H,10,12);3H2,1-2H3;1-2H3;(H4,2,3,4). The maximum atomic E-state index is 13.9. The van der Waals surface area contributed by atoms with Crippen molar-refractivity contribution >= 4 is 90.1 Å². The number of rotatable bonds is 25. The van der Waals surface area contributed by atoms with Gasteiger partial charge in [-0.2, -0.15) is 12.6 Å². The van der Waals surface area contributed by atoms with E-state index in [1.165, 1.54) is 30.4 Å². The van der Waals surface area contributed by atoms with Crippen LogP contribution in [0.15, 0.2) is 77.8 Å². The van der Waals surface area contributed by atoms with E-state index >= 15 is 0 Å². The molecule has 5 aliphatic rings. The molecule has 0 aliphatic carbocycles.